The lowest BCUT2D eigenvalue weighted by molar-refractivity contribution is 0.914. The van der Waals surface area contributed by atoms with Gasteiger partial charge in [0.2, 0.25) is 5.95 Å². The van der Waals surface area contributed by atoms with Gasteiger partial charge in [-0.2, -0.15) is 0 Å². The summed E-state index contributed by atoms with van der Waals surface area (Å²) in [6.45, 7) is 13.2. The minimum Gasteiger partial charge on any atom is -0.323 e. The molecule has 0 amide bonds. The second-order valence-corrected chi connectivity index (χ2v) is 7.20. The SMILES string of the molecule is [C-]#[N+]c1ccc(Nc2nnc(Cl)c(Sc3c(C)cc(C)cc3C)n2)cc1. The number of nitrogens with zero attached hydrogens (tertiary/aromatic N) is 4. The van der Waals surface area contributed by atoms with Crippen LogP contribution in [0.4, 0.5) is 17.3 Å². The molecule has 0 saturated heterocycles. The summed E-state index contributed by atoms with van der Waals surface area (Å²) < 4.78 is 0. The fourth-order valence-corrected chi connectivity index (χ4v) is 3.68. The number of rotatable bonds is 4. The lowest BCUT2D eigenvalue weighted by Gasteiger charge is -2.11. The first-order chi connectivity index (χ1) is 12.5. The van der Waals surface area contributed by atoms with Crippen LogP contribution in [0.1, 0.15) is 16.7 Å². The van der Waals surface area contributed by atoms with Gasteiger partial charge in [-0.25, -0.2) is 9.83 Å². The molecule has 1 aromatic heterocycles. The molecular formula is C19H16ClN5S. The summed E-state index contributed by atoms with van der Waals surface area (Å²) >= 11 is 7.69. The third-order valence-corrected chi connectivity index (χ3v) is 5.37. The van der Waals surface area contributed by atoms with Gasteiger partial charge in [-0.3, -0.25) is 0 Å². The minimum absolute atomic E-state index is 0.267. The van der Waals surface area contributed by atoms with Gasteiger partial charge in [-0.05, 0) is 44.0 Å². The second kappa shape index (κ2) is 7.73. The van der Waals surface area contributed by atoms with Crippen LogP contribution in [0.25, 0.3) is 4.85 Å². The van der Waals surface area contributed by atoms with E-state index in [4.69, 9.17) is 18.2 Å². The van der Waals surface area contributed by atoms with Crippen LogP contribution in [-0.4, -0.2) is 15.2 Å². The topological polar surface area (TPSA) is 55.1 Å². The third kappa shape index (κ3) is 4.13. The van der Waals surface area contributed by atoms with Crippen molar-refractivity contribution in [3.8, 4) is 0 Å². The maximum Gasteiger partial charge on any atom is 0.248 e. The normalized spacial score (nSPS) is 10.4. The number of nitrogens with one attached hydrogen (secondary N) is 1. The molecule has 0 spiro atoms. The van der Waals surface area contributed by atoms with Crippen molar-refractivity contribution in [1.82, 2.24) is 15.2 Å². The molecule has 0 aliphatic rings. The highest BCUT2D eigenvalue weighted by Gasteiger charge is 2.13. The van der Waals surface area contributed by atoms with E-state index in [1.54, 1.807) is 24.3 Å². The highest BCUT2D eigenvalue weighted by molar-refractivity contribution is 7.99. The summed E-state index contributed by atoms with van der Waals surface area (Å²) in [4.78, 5) is 8.98. The number of aryl methyl sites for hydroxylation is 3. The average molecular weight is 382 g/mol. The van der Waals surface area contributed by atoms with Crippen LogP contribution in [0.15, 0.2) is 46.3 Å². The second-order valence-electron chi connectivity index (χ2n) is 5.84. The molecule has 0 fully saturated rings. The summed E-state index contributed by atoms with van der Waals surface area (Å²) in [5, 5.41) is 12.0. The highest BCUT2D eigenvalue weighted by atomic mass is 35.5. The summed E-state index contributed by atoms with van der Waals surface area (Å²) in [5.41, 5.74) is 4.92. The maximum absolute atomic E-state index is 6.99. The largest absolute Gasteiger partial charge is 0.323 e. The zero-order chi connectivity index (χ0) is 18.7. The Bertz CT molecular complexity index is 973. The van der Waals surface area contributed by atoms with Crippen molar-refractivity contribution in [3.05, 3.63) is 69.7 Å². The van der Waals surface area contributed by atoms with E-state index in [1.807, 2.05) is 0 Å². The summed E-state index contributed by atoms with van der Waals surface area (Å²) in [6, 6.07) is 11.3. The van der Waals surface area contributed by atoms with E-state index in [0.717, 1.165) is 10.6 Å². The lowest BCUT2D eigenvalue weighted by atomic mass is 10.1. The molecule has 26 heavy (non-hydrogen) atoms. The van der Waals surface area contributed by atoms with Gasteiger partial charge in [0.25, 0.3) is 0 Å². The molecule has 0 saturated carbocycles. The van der Waals surface area contributed by atoms with Gasteiger partial charge in [0.15, 0.2) is 10.8 Å². The molecule has 0 aliphatic carbocycles. The van der Waals surface area contributed by atoms with Crippen molar-refractivity contribution in [2.24, 2.45) is 0 Å². The minimum atomic E-state index is 0.267. The molecule has 3 rings (SSSR count). The number of hydrogen-bond donors (Lipinski definition) is 1. The molecule has 2 aromatic carbocycles. The molecule has 0 bridgehead atoms. The Morgan fingerprint density at radius 1 is 1.04 bits per heavy atom. The summed E-state index contributed by atoms with van der Waals surface area (Å²) in [7, 11) is 0. The molecule has 1 heterocycles. The van der Waals surface area contributed by atoms with Gasteiger partial charge in [0.1, 0.15) is 5.03 Å². The van der Waals surface area contributed by atoms with Crippen molar-refractivity contribution in [3.63, 3.8) is 0 Å². The van der Waals surface area contributed by atoms with E-state index < -0.39 is 0 Å². The van der Waals surface area contributed by atoms with Crippen molar-refractivity contribution in [2.45, 2.75) is 30.7 Å². The van der Waals surface area contributed by atoms with E-state index in [1.165, 1.54) is 28.5 Å². The predicted octanol–water partition coefficient (Wildman–Crippen LogP) is 5.90. The van der Waals surface area contributed by atoms with Crippen LogP contribution >= 0.6 is 23.4 Å². The van der Waals surface area contributed by atoms with Crippen LogP contribution in [0.2, 0.25) is 5.15 Å². The molecule has 0 radical (unpaired) electrons. The zero-order valence-corrected chi connectivity index (χ0v) is 16.1. The average Bonchev–Trinajstić information content (AvgIpc) is 2.61. The Morgan fingerprint density at radius 2 is 1.69 bits per heavy atom. The van der Waals surface area contributed by atoms with Gasteiger partial charge in [0, 0.05) is 10.6 Å². The first kappa shape index (κ1) is 18.2. The molecule has 0 atom stereocenters. The number of anilines is 2. The van der Waals surface area contributed by atoms with Gasteiger partial charge < -0.3 is 5.32 Å². The number of aromatic nitrogens is 3. The van der Waals surface area contributed by atoms with E-state index in [2.05, 4.69) is 58.2 Å². The van der Waals surface area contributed by atoms with Crippen molar-refractivity contribution < 1.29 is 0 Å². The fraction of sp³-hybridized carbons (Fsp3) is 0.158. The lowest BCUT2D eigenvalue weighted by Crippen LogP contribution is -2.01. The van der Waals surface area contributed by atoms with Crippen LogP contribution in [0.5, 0.6) is 0 Å². The standard InChI is InChI=1S/C19H16ClN5S/c1-11-9-12(2)16(13(3)10-11)26-18-17(20)24-25-19(23-18)22-15-7-5-14(21-4)6-8-15/h5-10H,1-3H3,(H,22,23,25). The molecule has 0 unspecified atom stereocenters. The Labute approximate surface area is 161 Å². The van der Waals surface area contributed by atoms with Crippen molar-refractivity contribution in [1.29, 1.82) is 0 Å². The molecule has 1 N–H and O–H groups in total. The van der Waals surface area contributed by atoms with Crippen LogP contribution < -0.4 is 5.32 Å². The number of hydrogen-bond acceptors (Lipinski definition) is 5. The smallest absolute Gasteiger partial charge is 0.248 e. The molecular weight excluding hydrogens is 366 g/mol. The zero-order valence-electron chi connectivity index (χ0n) is 14.5. The fourth-order valence-electron chi connectivity index (χ4n) is 2.59. The van der Waals surface area contributed by atoms with E-state index in [9.17, 15) is 0 Å². The predicted molar refractivity (Wildman–Crippen MR) is 106 cm³/mol. The first-order valence-corrected chi connectivity index (χ1v) is 9.06. The van der Waals surface area contributed by atoms with Crippen LogP contribution in [0.3, 0.4) is 0 Å². The van der Waals surface area contributed by atoms with E-state index >= 15 is 0 Å². The van der Waals surface area contributed by atoms with Gasteiger partial charge in [-0.1, -0.05) is 53.2 Å². The monoisotopic (exact) mass is 381 g/mol. The maximum atomic E-state index is 6.99. The molecule has 130 valence electrons. The van der Waals surface area contributed by atoms with Gasteiger partial charge >= 0.3 is 0 Å². The molecule has 7 heteroatoms. The Hall–Kier alpha value is -2.62. The Balaban J connectivity index is 1.87. The Morgan fingerprint density at radius 3 is 2.31 bits per heavy atom. The third-order valence-electron chi connectivity index (χ3n) is 3.67. The van der Waals surface area contributed by atoms with Crippen molar-refractivity contribution in [2.75, 3.05) is 5.32 Å². The van der Waals surface area contributed by atoms with Gasteiger partial charge in [-0.15, -0.1) is 10.2 Å². The van der Waals surface area contributed by atoms with Crippen LogP contribution in [-0.2, 0) is 0 Å². The summed E-state index contributed by atoms with van der Waals surface area (Å²) in [6.07, 6.45) is 0. The molecule has 3 aromatic rings. The quantitative estimate of drug-likeness (QED) is 0.570. The Kier molecular flexibility index (Phi) is 5.40. The summed E-state index contributed by atoms with van der Waals surface area (Å²) in [5.74, 6) is 0.356. The number of benzene rings is 2. The first-order valence-electron chi connectivity index (χ1n) is 7.86. The molecule has 5 nitrogen and oxygen atoms in total. The van der Waals surface area contributed by atoms with E-state index in [0.29, 0.717) is 16.7 Å². The highest BCUT2D eigenvalue weighted by Crippen LogP contribution is 2.35. The molecule has 0 aliphatic heterocycles. The van der Waals surface area contributed by atoms with Gasteiger partial charge in [0.05, 0.1) is 6.57 Å². The van der Waals surface area contributed by atoms with Crippen molar-refractivity contribution >= 4 is 40.7 Å². The van der Waals surface area contributed by atoms with E-state index in [-0.39, 0.29) is 5.15 Å². The number of halogens is 1. The van der Waals surface area contributed by atoms with Crippen LogP contribution in [0, 0.1) is 27.3 Å².